The van der Waals surface area contributed by atoms with E-state index in [0.717, 1.165) is 18.7 Å². The summed E-state index contributed by atoms with van der Waals surface area (Å²) in [6.45, 7) is 6.23. The number of phenolic OH excluding ortho intramolecular Hbond substituents is 1. The number of ether oxygens (including phenoxy) is 1. The fraction of sp³-hybridized carbons (Fsp3) is 0.600. The van der Waals surface area contributed by atoms with Crippen LogP contribution in [0.15, 0.2) is 18.2 Å². The number of hydrogen-bond donors (Lipinski definition) is 1. The Balaban J connectivity index is 1.81. The topological polar surface area (TPSA) is 32.7 Å². The molecule has 3 rings (SSSR count). The second-order valence-electron chi connectivity index (χ2n) is 5.65. The fourth-order valence-corrected chi connectivity index (χ4v) is 3.17. The number of phenols is 1. The molecule has 18 heavy (non-hydrogen) atoms. The Morgan fingerprint density at radius 2 is 1.94 bits per heavy atom. The average molecular weight is 247 g/mol. The van der Waals surface area contributed by atoms with E-state index in [2.05, 4.69) is 24.8 Å². The van der Waals surface area contributed by atoms with Gasteiger partial charge in [0.25, 0.3) is 0 Å². The predicted octanol–water partition coefficient (Wildman–Crippen LogP) is 2.62. The van der Waals surface area contributed by atoms with Crippen molar-refractivity contribution in [2.75, 3.05) is 13.1 Å². The molecule has 0 spiro atoms. The van der Waals surface area contributed by atoms with Crippen molar-refractivity contribution in [3.05, 3.63) is 29.3 Å². The summed E-state index contributed by atoms with van der Waals surface area (Å²) in [5, 5.41) is 10.0. The summed E-state index contributed by atoms with van der Waals surface area (Å²) in [5.74, 6) is 0.409. The van der Waals surface area contributed by atoms with Gasteiger partial charge in [-0.15, -0.1) is 0 Å². The van der Waals surface area contributed by atoms with E-state index in [4.69, 9.17) is 4.74 Å². The standard InChI is InChI=1S/C15H21NO2/c1-10-3-6-15(17)14(7-10)11(2)16-8-12-4-5-13(9-16)18-12/h3,6-7,11-13,17H,4-5,8-9H2,1-2H3. The van der Waals surface area contributed by atoms with Crippen molar-refractivity contribution in [1.29, 1.82) is 0 Å². The molecule has 2 aliphatic heterocycles. The summed E-state index contributed by atoms with van der Waals surface area (Å²) < 4.78 is 5.86. The normalized spacial score (nSPS) is 29.4. The Bertz CT molecular complexity index is 434. The summed E-state index contributed by atoms with van der Waals surface area (Å²) >= 11 is 0. The number of aromatic hydroxyl groups is 1. The highest BCUT2D eigenvalue weighted by molar-refractivity contribution is 5.37. The molecule has 1 aromatic carbocycles. The van der Waals surface area contributed by atoms with Crippen LogP contribution in [0.5, 0.6) is 5.75 Å². The zero-order chi connectivity index (χ0) is 12.7. The van der Waals surface area contributed by atoms with Crippen molar-refractivity contribution in [1.82, 2.24) is 4.90 Å². The van der Waals surface area contributed by atoms with Gasteiger partial charge in [0.05, 0.1) is 12.2 Å². The number of rotatable bonds is 2. The Morgan fingerprint density at radius 1 is 1.28 bits per heavy atom. The fourth-order valence-electron chi connectivity index (χ4n) is 3.17. The maximum atomic E-state index is 10.0. The van der Waals surface area contributed by atoms with E-state index in [1.165, 1.54) is 18.4 Å². The van der Waals surface area contributed by atoms with Crippen molar-refractivity contribution in [2.45, 2.75) is 44.9 Å². The highest BCUT2D eigenvalue weighted by atomic mass is 16.5. The number of nitrogens with zero attached hydrogens (tertiary/aromatic N) is 1. The maximum Gasteiger partial charge on any atom is 0.120 e. The smallest absolute Gasteiger partial charge is 0.120 e. The van der Waals surface area contributed by atoms with Crippen LogP contribution < -0.4 is 0 Å². The lowest BCUT2D eigenvalue weighted by Crippen LogP contribution is -2.43. The quantitative estimate of drug-likeness (QED) is 0.872. The van der Waals surface area contributed by atoms with Crippen LogP contribution in [0, 0.1) is 6.92 Å². The van der Waals surface area contributed by atoms with E-state index in [-0.39, 0.29) is 6.04 Å². The Hall–Kier alpha value is -1.06. The van der Waals surface area contributed by atoms with Gasteiger partial charge in [-0.05, 0) is 32.8 Å². The van der Waals surface area contributed by atoms with Crippen molar-refractivity contribution in [3.8, 4) is 5.75 Å². The Morgan fingerprint density at radius 3 is 2.61 bits per heavy atom. The van der Waals surface area contributed by atoms with Crippen molar-refractivity contribution >= 4 is 0 Å². The first-order valence-electron chi connectivity index (χ1n) is 6.82. The zero-order valence-corrected chi connectivity index (χ0v) is 11.1. The molecule has 2 heterocycles. The van der Waals surface area contributed by atoms with E-state index >= 15 is 0 Å². The second-order valence-corrected chi connectivity index (χ2v) is 5.65. The number of likely N-dealkylation sites (tertiary alicyclic amines) is 1. The van der Waals surface area contributed by atoms with Gasteiger partial charge in [-0.2, -0.15) is 0 Å². The molecular weight excluding hydrogens is 226 g/mol. The first-order chi connectivity index (χ1) is 8.63. The summed E-state index contributed by atoms with van der Waals surface area (Å²) in [4.78, 5) is 2.44. The molecule has 1 N–H and O–H groups in total. The lowest BCUT2D eigenvalue weighted by molar-refractivity contribution is -0.0511. The summed E-state index contributed by atoms with van der Waals surface area (Å²) in [7, 11) is 0. The molecule has 0 amide bonds. The third-order valence-electron chi connectivity index (χ3n) is 4.25. The number of morpholine rings is 1. The molecule has 2 bridgehead atoms. The minimum Gasteiger partial charge on any atom is -0.508 e. The van der Waals surface area contributed by atoms with E-state index in [9.17, 15) is 5.11 Å². The van der Waals surface area contributed by atoms with Crippen molar-refractivity contribution in [3.63, 3.8) is 0 Å². The summed E-state index contributed by atoms with van der Waals surface area (Å²) in [5.41, 5.74) is 2.24. The van der Waals surface area contributed by atoms with E-state index in [1.807, 2.05) is 6.07 Å². The lowest BCUT2D eigenvalue weighted by Gasteiger charge is -2.36. The van der Waals surface area contributed by atoms with Crippen LogP contribution in [0.1, 0.15) is 36.9 Å². The van der Waals surface area contributed by atoms with Crippen LogP contribution >= 0.6 is 0 Å². The first kappa shape index (κ1) is 12.0. The van der Waals surface area contributed by atoms with Gasteiger partial charge in [0.15, 0.2) is 0 Å². The highest BCUT2D eigenvalue weighted by Gasteiger charge is 2.36. The molecule has 3 unspecified atom stereocenters. The van der Waals surface area contributed by atoms with Gasteiger partial charge >= 0.3 is 0 Å². The van der Waals surface area contributed by atoms with Crippen LogP contribution in [0.25, 0.3) is 0 Å². The zero-order valence-electron chi connectivity index (χ0n) is 11.1. The third kappa shape index (κ3) is 2.13. The molecule has 3 atom stereocenters. The van der Waals surface area contributed by atoms with Crippen LogP contribution in [0.3, 0.4) is 0 Å². The minimum absolute atomic E-state index is 0.261. The van der Waals surface area contributed by atoms with Crippen LogP contribution in [-0.2, 0) is 4.74 Å². The minimum atomic E-state index is 0.261. The predicted molar refractivity (Wildman–Crippen MR) is 70.7 cm³/mol. The molecule has 0 aliphatic carbocycles. The number of aryl methyl sites for hydroxylation is 1. The monoisotopic (exact) mass is 247 g/mol. The molecule has 2 saturated heterocycles. The number of benzene rings is 1. The summed E-state index contributed by atoms with van der Waals surface area (Å²) in [6.07, 6.45) is 3.18. The van der Waals surface area contributed by atoms with E-state index in [0.29, 0.717) is 18.0 Å². The molecule has 0 saturated carbocycles. The SMILES string of the molecule is Cc1ccc(O)c(C(C)N2CC3CCC(C2)O3)c1. The van der Waals surface area contributed by atoms with Crippen molar-refractivity contribution in [2.24, 2.45) is 0 Å². The van der Waals surface area contributed by atoms with Gasteiger partial charge < -0.3 is 9.84 Å². The van der Waals surface area contributed by atoms with Gasteiger partial charge in [0.2, 0.25) is 0 Å². The Labute approximate surface area is 108 Å². The lowest BCUT2D eigenvalue weighted by atomic mass is 10.0. The molecule has 0 aromatic heterocycles. The molecule has 0 radical (unpaired) electrons. The van der Waals surface area contributed by atoms with E-state index < -0.39 is 0 Å². The van der Waals surface area contributed by atoms with Gasteiger partial charge in [-0.3, -0.25) is 4.90 Å². The largest absolute Gasteiger partial charge is 0.508 e. The molecule has 3 heteroatoms. The average Bonchev–Trinajstić information content (AvgIpc) is 2.70. The molecular formula is C15H21NO2. The first-order valence-corrected chi connectivity index (χ1v) is 6.82. The van der Waals surface area contributed by atoms with Gasteiger partial charge in [-0.25, -0.2) is 0 Å². The molecule has 1 aromatic rings. The van der Waals surface area contributed by atoms with Gasteiger partial charge in [0, 0.05) is 24.7 Å². The third-order valence-corrected chi connectivity index (χ3v) is 4.25. The second kappa shape index (κ2) is 4.56. The van der Waals surface area contributed by atoms with Gasteiger partial charge in [0.1, 0.15) is 5.75 Å². The number of hydrogen-bond acceptors (Lipinski definition) is 3. The van der Waals surface area contributed by atoms with E-state index in [1.54, 1.807) is 6.07 Å². The number of fused-ring (bicyclic) bond motifs is 2. The molecule has 2 fully saturated rings. The van der Waals surface area contributed by atoms with Crippen LogP contribution in [-0.4, -0.2) is 35.3 Å². The highest BCUT2D eigenvalue weighted by Crippen LogP contribution is 2.34. The maximum absolute atomic E-state index is 10.0. The van der Waals surface area contributed by atoms with Crippen molar-refractivity contribution < 1.29 is 9.84 Å². The molecule has 2 aliphatic rings. The van der Waals surface area contributed by atoms with Gasteiger partial charge in [-0.1, -0.05) is 17.7 Å². The van der Waals surface area contributed by atoms with Crippen LogP contribution in [0.4, 0.5) is 0 Å². The summed E-state index contributed by atoms with van der Waals surface area (Å²) in [6, 6.07) is 6.11. The Kier molecular flexibility index (Phi) is 3.04. The van der Waals surface area contributed by atoms with Crippen LogP contribution in [0.2, 0.25) is 0 Å². The molecule has 3 nitrogen and oxygen atoms in total. The molecule has 98 valence electrons.